The number of thioether (sulfide) groups is 1. The van der Waals surface area contributed by atoms with Gasteiger partial charge in [0.05, 0.1) is 10.9 Å². The van der Waals surface area contributed by atoms with Crippen molar-refractivity contribution in [3.63, 3.8) is 0 Å². The summed E-state index contributed by atoms with van der Waals surface area (Å²) in [5, 5.41) is 7.89. The Morgan fingerprint density at radius 3 is 2.27 bits per heavy atom. The van der Waals surface area contributed by atoms with Crippen molar-refractivity contribution in [3.05, 3.63) is 48.5 Å². The fraction of sp³-hybridized carbons (Fsp3) is 0.211. The lowest BCUT2D eigenvalue weighted by atomic mass is 10.2. The van der Waals surface area contributed by atoms with Crippen molar-refractivity contribution in [1.82, 2.24) is 0 Å². The van der Waals surface area contributed by atoms with Crippen LogP contribution in [0.1, 0.15) is 19.8 Å². The molecule has 6 nitrogen and oxygen atoms in total. The van der Waals surface area contributed by atoms with Crippen molar-refractivity contribution in [2.75, 3.05) is 16.0 Å². The maximum Gasteiger partial charge on any atom is 0.238 e. The SMILES string of the molecule is CCC(=O)Nc1ccc(NC(=O)C[C@H]2Sc3ccccc3NC2=O)cc1. The molecule has 0 saturated heterocycles. The number of nitrogens with one attached hydrogen (secondary N) is 3. The Morgan fingerprint density at radius 1 is 1.00 bits per heavy atom. The molecule has 1 aliphatic rings. The molecule has 1 heterocycles. The van der Waals surface area contributed by atoms with E-state index in [-0.39, 0.29) is 24.1 Å². The van der Waals surface area contributed by atoms with Crippen molar-refractivity contribution in [2.45, 2.75) is 29.9 Å². The first-order valence-corrected chi connectivity index (χ1v) is 9.19. The number of rotatable bonds is 5. The summed E-state index contributed by atoms with van der Waals surface area (Å²) < 4.78 is 0. The summed E-state index contributed by atoms with van der Waals surface area (Å²) in [6.07, 6.45) is 0.488. The van der Waals surface area contributed by atoms with E-state index in [4.69, 9.17) is 0 Å². The standard InChI is InChI=1S/C19H19N3O3S/c1-2-17(23)20-12-7-9-13(10-8-12)21-18(24)11-16-19(25)22-14-5-3-4-6-15(14)26-16/h3-10,16H,2,11H2,1H3,(H,20,23)(H,21,24)(H,22,25)/t16-/m1/s1. The van der Waals surface area contributed by atoms with Gasteiger partial charge in [0, 0.05) is 29.1 Å². The van der Waals surface area contributed by atoms with Gasteiger partial charge < -0.3 is 16.0 Å². The van der Waals surface area contributed by atoms with Crippen LogP contribution in [-0.4, -0.2) is 23.0 Å². The minimum Gasteiger partial charge on any atom is -0.326 e. The number of hydrogen-bond donors (Lipinski definition) is 3. The topological polar surface area (TPSA) is 87.3 Å². The van der Waals surface area contributed by atoms with E-state index >= 15 is 0 Å². The minimum absolute atomic E-state index is 0.0672. The van der Waals surface area contributed by atoms with Crippen LogP contribution in [0.3, 0.4) is 0 Å². The predicted molar refractivity (Wildman–Crippen MR) is 103 cm³/mol. The smallest absolute Gasteiger partial charge is 0.238 e. The first-order chi connectivity index (χ1) is 12.5. The molecule has 0 aromatic heterocycles. The zero-order valence-electron chi connectivity index (χ0n) is 14.2. The second-order valence-electron chi connectivity index (χ2n) is 5.82. The molecule has 0 fully saturated rings. The van der Waals surface area contributed by atoms with Crippen molar-refractivity contribution >= 4 is 46.5 Å². The van der Waals surface area contributed by atoms with Crippen LogP contribution in [0, 0.1) is 0 Å². The van der Waals surface area contributed by atoms with Crippen LogP contribution in [0.15, 0.2) is 53.4 Å². The maximum atomic E-state index is 12.3. The van der Waals surface area contributed by atoms with Crippen LogP contribution >= 0.6 is 11.8 Å². The normalized spacial score (nSPS) is 15.6. The molecule has 1 aliphatic heterocycles. The fourth-order valence-corrected chi connectivity index (χ4v) is 3.60. The number of amides is 3. The summed E-state index contributed by atoms with van der Waals surface area (Å²) >= 11 is 1.40. The predicted octanol–water partition coefficient (Wildman–Crippen LogP) is 3.48. The van der Waals surface area contributed by atoms with E-state index in [1.807, 2.05) is 24.3 Å². The molecule has 7 heteroatoms. The summed E-state index contributed by atoms with van der Waals surface area (Å²) in [6.45, 7) is 1.78. The molecule has 0 aliphatic carbocycles. The molecule has 0 saturated carbocycles. The molecule has 3 N–H and O–H groups in total. The van der Waals surface area contributed by atoms with E-state index in [0.717, 1.165) is 10.6 Å². The molecule has 26 heavy (non-hydrogen) atoms. The zero-order chi connectivity index (χ0) is 18.5. The summed E-state index contributed by atoms with van der Waals surface area (Å²) in [7, 11) is 0. The van der Waals surface area contributed by atoms with Gasteiger partial charge in [0.2, 0.25) is 17.7 Å². The van der Waals surface area contributed by atoms with Crippen LogP contribution in [0.25, 0.3) is 0 Å². The van der Waals surface area contributed by atoms with Gasteiger partial charge in [-0.15, -0.1) is 11.8 Å². The molecule has 2 aromatic carbocycles. The number of carbonyl (C=O) groups excluding carboxylic acids is 3. The molecule has 3 rings (SSSR count). The summed E-state index contributed by atoms with van der Waals surface area (Å²) in [5.74, 6) is -0.466. The first-order valence-electron chi connectivity index (χ1n) is 8.31. The molecule has 0 radical (unpaired) electrons. The van der Waals surface area contributed by atoms with Gasteiger partial charge in [-0.2, -0.15) is 0 Å². The highest BCUT2D eigenvalue weighted by Crippen LogP contribution is 2.36. The average Bonchev–Trinajstić information content (AvgIpc) is 2.64. The number of fused-ring (bicyclic) bond motifs is 1. The fourth-order valence-electron chi connectivity index (χ4n) is 2.49. The molecular formula is C19H19N3O3S. The molecule has 1 atom stereocenters. The van der Waals surface area contributed by atoms with Gasteiger partial charge in [0.15, 0.2) is 0 Å². The molecule has 0 spiro atoms. The third-order valence-corrected chi connectivity index (χ3v) is 5.13. The van der Waals surface area contributed by atoms with Crippen molar-refractivity contribution in [1.29, 1.82) is 0 Å². The van der Waals surface area contributed by atoms with Crippen molar-refractivity contribution < 1.29 is 14.4 Å². The van der Waals surface area contributed by atoms with E-state index in [0.29, 0.717) is 17.8 Å². The van der Waals surface area contributed by atoms with Gasteiger partial charge in [-0.05, 0) is 36.4 Å². The molecule has 3 amide bonds. The molecule has 134 valence electrons. The Kier molecular flexibility index (Phi) is 5.58. The van der Waals surface area contributed by atoms with E-state index in [1.165, 1.54) is 11.8 Å². The molecule has 0 unspecified atom stereocenters. The van der Waals surface area contributed by atoms with Crippen LogP contribution in [0.4, 0.5) is 17.1 Å². The van der Waals surface area contributed by atoms with E-state index in [2.05, 4.69) is 16.0 Å². The second-order valence-corrected chi connectivity index (χ2v) is 7.07. The van der Waals surface area contributed by atoms with E-state index in [9.17, 15) is 14.4 Å². The van der Waals surface area contributed by atoms with Gasteiger partial charge in [0.25, 0.3) is 0 Å². The highest BCUT2D eigenvalue weighted by atomic mass is 32.2. The van der Waals surface area contributed by atoms with Crippen LogP contribution in [0.5, 0.6) is 0 Å². The quantitative estimate of drug-likeness (QED) is 0.753. The zero-order valence-corrected chi connectivity index (χ0v) is 15.1. The lowest BCUT2D eigenvalue weighted by Gasteiger charge is -2.23. The lowest BCUT2D eigenvalue weighted by Crippen LogP contribution is -2.32. The maximum absolute atomic E-state index is 12.3. The number of carbonyl (C=O) groups is 3. The summed E-state index contributed by atoms with van der Waals surface area (Å²) in [6, 6.07) is 14.4. The van der Waals surface area contributed by atoms with E-state index in [1.54, 1.807) is 31.2 Å². The lowest BCUT2D eigenvalue weighted by molar-refractivity contribution is -0.120. The van der Waals surface area contributed by atoms with Crippen LogP contribution < -0.4 is 16.0 Å². The Morgan fingerprint density at radius 2 is 1.62 bits per heavy atom. The Balaban J connectivity index is 1.57. The Bertz CT molecular complexity index is 836. The van der Waals surface area contributed by atoms with Gasteiger partial charge in [-0.25, -0.2) is 0 Å². The number of anilines is 3. The van der Waals surface area contributed by atoms with Gasteiger partial charge in [-0.3, -0.25) is 14.4 Å². The van der Waals surface area contributed by atoms with Gasteiger partial charge in [0.1, 0.15) is 0 Å². The largest absolute Gasteiger partial charge is 0.326 e. The summed E-state index contributed by atoms with van der Waals surface area (Å²) in [5.41, 5.74) is 2.07. The minimum atomic E-state index is -0.465. The highest BCUT2D eigenvalue weighted by molar-refractivity contribution is 8.01. The summed E-state index contributed by atoms with van der Waals surface area (Å²) in [4.78, 5) is 36.8. The molecular weight excluding hydrogens is 350 g/mol. The number of benzene rings is 2. The third-order valence-electron chi connectivity index (χ3n) is 3.85. The number of para-hydroxylation sites is 1. The monoisotopic (exact) mass is 369 g/mol. The second kappa shape index (κ2) is 8.05. The highest BCUT2D eigenvalue weighted by Gasteiger charge is 2.28. The Hall–Kier alpha value is -2.80. The van der Waals surface area contributed by atoms with Crippen molar-refractivity contribution in [2.24, 2.45) is 0 Å². The van der Waals surface area contributed by atoms with Crippen LogP contribution in [-0.2, 0) is 14.4 Å². The molecule has 2 aromatic rings. The van der Waals surface area contributed by atoms with Crippen LogP contribution in [0.2, 0.25) is 0 Å². The first kappa shape index (κ1) is 18.0. The van der Waals surface area contributed by atoms with E-state index < -0.39 is 5.25 Å². The Labute approximate surface area is 155 Å². The van der Waals surface area contributed by atoms with Gasteiger partial charge in [-0.1, -0.05) is 19.1 Å². The number of hydrogen-bond acceptors (Lipinski definition) is 4. The van der Waals surface area contributed by atoms with Crippen molar-refractivity contribution in [3.8, 4) is 0 Å². The average molecular weight is 369 g/mol. The molecule has 0 bridgehead atoms. The third kappa shape index (κ3) is 4.43. The van der Waals surface area contributed by atoms with Gasteiger partial charge >= 0.3 is 0 Å².